The monoisotopic (exact) mass is 334 g/mol. The maximum atomic E-state index is 12.7. The number of fused-ring (bicyclic) bond motifs is 1. The number of amides is 1. The minimum absolute atomic E-state index is 0.0264. The Balaban J connectivity index is 1.88. The first-order valence-electron chi connectivity index (χ1n) is 7.16. The van der Waals surface area contributed by atoms with Crippen LogP contribution in [-0.2, 0) is 13.0 Å². The summed E-state index contributed by atoms with van der Waals surface area (Å²) in [6, 6.07) is 10.8. The van der Waals surface area contributed by atoms with Crippen molar-refractivity contribution in [3.63, 3.8) is 0 Å². The molecule has 0 spiro atoms. The number of nitrogens with zero attached hydrogens (tertiary/aromatic N) is 1. The predicted octanol–water partition coefficient (Wildman–Crippen LogP) is 4.16. The fraction of sp³-hybridized carbons (Fsp3) is 0.235. The van der Waals surface area contributed by atoms with Crippen molar-refractivity contribution in [1.29, 1.82) is 0 Å². The van der Waals surface area contributed by atoms with Crippen molar-refractivity contribution in [2.24, 2.45) is 0 Å². The second-order valence-electron chi connectivity index (χ2n) is 5.48. The zero-order valence-electron chi connectivity index (χ0n) is 12.0. The number of rotatable bonds is 2. The largest absolute Gasteiger partial charge is 0.399 e. The Kier molecular flexibility index (Phi) is 4.27. The van der Waals surface area contributed by atoms with Gasteiger partial charge in [0.2, 0.25) is 0 Å². The topological polar surface area (TPSA) is 46.3 Å². The lowest BCUT2D eigenvalue weighted by molar-refractivity contribution is 0.0749. The van der Waals surface area contributed by atoms with Crippen LogP contribution in [0.2, 0.25) is 10.0 Å². The van der Waals surface area contributed by atoms with Crippen LogP contribution in [0.4, 0.5) is 5.69 Å². The van der Waals surface area contributed by atoms with Crippen LogP contribution < -0.4 is 5.73 Å². The van der Waals surface area contributed by atoms with Crippen LogP contribution in [0.5, 0.6) is 0 Å². The molecule has 1 aliphatic rings. The van der Waals surface area contributed by atoms with Gasteiger partial charge in [-0.15, -0.1) is 0 Å². The van der Waals surface area contributed by atoms with Gasteiger partial charge in [-0.05, 0) is 54.3 Å². The van der Waals surface area contributed by atoms with Crippen molar-refractivity contribution < 1.29 is 4.79 Å². The van der Waals surface area contributed by atoms with Gasteiger partial charge in [-0.3, -0.25) is 4.79 Å². The summed E-state index contributed by atoms with van der Waals surface area (Å²) >= 11 is 12.1. The first-order chi connectivity index (χ1) is 10.5. The molecule has 2 aromatic carbocycles. The van der Waals surface area contributed by atoms with E-state index in [1.165, 1.54) is 0 Å². The molecule has 5 heteroatoms. The number of halogens is 2. The number of nitrogen functional groups attached to an aromatic ring is 1. The van der Waals surface area contributed by atoms with E-state index in [2.05, 4.69) is 0 Å². The summed E-state index contributed by atoms with van der Waals surface area (Å²) in [5.41, 5.74) is 9.17. The second-order valence-corrected chi connectivity index (χ2v) is 6.33. The number of hydrogen-bond acceptors (Lipinski definition) is 2. The number of carbonyl (C=O) groups is 1. The van der Waals surface area contributed by atoms with Gasteiger partial charge in [-0.2, -0.15) is 0 Å². The summed E-state index contributed by atoms with van der Waals surface area (Å²) in [5.74, 6) is 0.0264. The molecule has 0 aliphatic carbocycles. The Labute approximate surface area is 139 Å². The molecule has 0 saturated carbocycles. The predicted molar refractivity (Wildman–Crippen MR) is 90.4 cm³/mol. The Bertz CT molecular complexity index is 731. The molecule has 22 heavy (non-hydrogen) atoms. The summed E-state index contributed by atoms with van der Waals surface area (Å²) in [7, 11) is 0. The van der Waals surface area contributed by atoms with Gasteiger partial charge in [0.1, 0.15) is 0 Å². The average molecular weight is 335 g/mol. The third-order valence-electron chi connectivity index (χ3n) is 3.90. The van der Waals surface area contributed by atoms with Gasteiger partial charge in [0.05, 0.1) is 0 Å². The number of aryl methyl sites for hydroxylation is 1. The normalized spacial score (nSPS) is 14.6. The molecular weight excluding hydrogens is 319 g/mol. The molecule has 2 aromatic rings. The average Bonchev–Trinajstić information content (AvgIpc) is 2.62. The van der Waals surface area contributed by atoms with Crippen LogP contribution in [0.15, 0.2) is 36.4 Å². The number of hydrogen-bond donors (Lipinski definition) is 1. The lowest BCUT2D eigenvalue weighted by Gasteiger charge is -2.21. The maximum Gasteiger partial charge on any atom is 0.254 e. The Morgan fingerprint density at radius 2 is 1.95 bits per heavy atom. The van der Waals surface area contributed by atoms with Gasteiger partial charge in [0, 0.05) is 34.4 Å². The van der Waals surface area contributed by atoms with Crippen LogP contribution in [0.1, 0.15) is 27.9 Å². The molecule has 0 fully saturated rings. The van der Waals surface area contributed by atoms with Crippen LogP contribution >= 0.6 is 23.2 Å². The first kappa shape index (κ1) is 15.2. The van der Waals surface area contributed by atoms with E-state index in [1.807, 2.05) is 23.1 Å². The Hall–Kier alpha value is -1.71. The van der Waals surface area contributed by atoms with Gasteiger partial charge >= 0.3 is 0 Å². The molecule has 0 radical (unpaired) electrons. The number of nitrogens with two attached hydrogens (primary N) is 1. The van der Waals surface area contributed by atoms with Crippen molar-refractivity contribution in [2.75, 3.05) is 12.3 Å². The Morgan fingerprint density at radius 3 is 2.73 bits per heavy atom. The minimum atomic E-state index is 0.0264. The van der Waals surface area contributed by atoms with E-state index in [0.29, 0.717) is 28.8 Å². The highest BCUT2D eigenvalue weighted by molar-refractivity contribution is 6.35. The molecule has 0 bridgehead atoms. The van der Waals surface area contributed by atoms with Crippen molar-refractivity contribution >= 4 is 34.8 Å². The van der Waals surface area contributed by atoms with Gasteiger partial charge in [0.25, 0.3) is 5.91 Å². The van der Waals surface area contributed by atoms with E-state index in [-0.39, 0.29) is 5.91 Å². The SMILES string of the molecule is Nc1ccc2c(c1)CCCN(Cc1ccc(Cl)cc1Cl)C2=O. The standard InChI is InChI=1S/C17H16Cl2N2O/c18-13-4-3-12(16(19)9-13)10-21-7-1-2-11-8-14(20)5-6-15(11)17(21)22/h3-6,8-9H,1-2,7,10,20H2. The molecule has 114 valence electrons. The van der Waals surface area contributed by atoms with Crippen LogP contribution in [-0.4, -0.2) is 17.4 Å². The quantitative estimate of drug-likeness (QED) is 0.838. The highest BCUT2D eigenvalue weighted by Crippen LogP contribution is 2.26. The van der Waals surface area contributed by atoms with Crippen LogP contribution in [0, 0.1) is 0 Å². The molecule has 0 unspecified atom stereocenters. The molecule has 3 rings (SSSR count). The van der Waals surface area contributed by atoms with E-state index >= 15 is 0 Å². The fourth-order valence-corrected chi connectivity index (χ4v) is 3.24. The summed E-state index contributed by atoms with van der Waals surface area (Å²) in [6.07, 6.45) is 1.77. The second kappa shape index (κ2) is 6.19. The number of carbonyl (C=O) groups excluding carboxylic acids is 1. The van der Waals surface area contributed by atoms with Gasteiger partial charge in [-0.25, -0.2) is 0 Å². The summed E-state index contributed by atoms with van der Waals surface area (Å²) in [5, 5.41) is 1.18. The molecule has 1 amide bonds. The lowest BCUT2D eigenvalue weighted by atomic mass is 10.0. The molecule has 1 heterocycles. The Morgan fingerprint density at radius 1 is 1.14 bits per heavy atom. The van der Waals surface area contributed by atoms with E-state index in [0.717, 1.165) is 29.5 Å². The van der Waals surface area contributed by atoms with Crippen LogP contribution in [0.25, 0.3) is 0 Å². The van der Waals surface area contributed by atoms with E-state index in [9.17, 15) is 4.79 Å². The smallest absolute Gasteiger partial charge is 0.254 e. The summed E-state index contributed by atoms with van der Waals surface area (Å²) in [6.45, 7) is 1.19. The van der Waals surface area contributed by atoms with E-state index < -0.39 is 0 Å². The zero-order valence-corrected chi connectivity index (χ0v) is 13.5. The van der Waals surface area contributed by atoms with Gasteiger partial charge < -0.3 is 10.6 Å². The summed E-state index contributed by atoms with van der Waals surface area (Å²) in [4.78, 5) is 14.6. The third kappa shape index (κ3) is 3.06. The van der Waals surface area contributed by atoms with Gasteiger partial charge in [0.15, 0.2) is 0 Å². The first-order valence-corrected chi connectivity index (χ1v) is 7.92. The molecule has 2 N–H and O–H groups in total. The van der Waals surface area contributed by atoms with Crippen molar-refractivity contribution in [2.45, 2.75) is 19.4 Å². The molecular formula is C17H16Cl2N2O. The molecule has 0 aromatic heterocycles. The lowest BCUT2D eigenvalue weighted by Crippen LogP contribution is -2.30. The zero-order chi connectivity index (χ0) is 15.7. The summed E-state index contributed by atoms with van der Waals surface area (Å²) < 4.78 is 0. The van der Waals surface area contributed by atoms with Crippen molar-refractivity contribution in [3.05, 3.63) is 63.1 Å². The maximum absolute atomic E-state index is 12.7. The third-order valence-corrected chi connectivity index (χ3v) is 4.48. The van der Waals surface area contributed by atoms with Crippen LogP contribution in [0.3, 0.4) is 0 Å². The number of benzene rings is 2. The molecule has 1 aliphatic heterocycles. The molecule has 0 atom stereocenters. The highest BCUT2D eigenvalue weighted by Gasteiger charge is 2.23. The van der Waals surface area contributed by atoms with E-state index in [4.69, 9.17) is 28.9 Å². The number of anilines is 1. The highest BCUT2D eigenvalue weighted by atomic mass is 35.5. The molecule has 0 saturated heterocycles. The molecule has 3 nitrogen and oxygen atoms in total. The fourth-order valence-electron chi connectivity index (χ4n) is 2.77. The van der Waals surface area contributed by atoms with Gasteiger partial charge in [-0.1, -0.05) is 29.3 Å². The van der Waals surface area contributed by atoms with Crippen molar-refractivity contribution in [1.82, 2.24) is 4.90 Å². The van der Waals surface area contributed by atoms with Crippen molar-refractivity contribution in [3.8, 4) is 0 Å². The minimum Gasteiger partial charge on any atom is -0.399 e. The van der Waals surface area contributed by atoms with E-state index in [1.54, 1.807) is 18.2 Å².